The van der Waals surface area contributed by atoms with Gasteiger partial charge in [0.1, 0.15) is 16.7 Å². The molecular weight excluding hydrogens is 265 g/mol. The van der Waals surface area contributed by atoms with E-state index < -0.39 is 11.9 Å². The van der Waals surface area contributed by atoms with Crippen molar-refractivity contribution in [3.8, 4) is 0 Å². The highest BCUT2D eigenvalue weighted by Gasteiger charge is 2.25. The number of carboxylic acids is 1. The van der Waals surface area contributed by atoms with Gasteiger partial charge in [-0.25, -0.2) is 9.37 Å². The fourth-order valence-electron chi connectivity index (χ4n) is 1.81. The van der Waals surface area contributed by atoms with E-state index in [-0.39, 0.29) is 12.2 Å². The van der Waals surface area contributed by atoms with Crippen LogP contribution in [0.1, 0.15) is 27.1 Å². The van der Waals surface area contributed by atoms with Crippen LogP contribution in [0.25, 0.3) is 0 Å². The molecule has 1 aromatic heterocycles. The first-order valence-electron chi connectivity index (χ1n) is 5.89. The minimum Gasteiger partial charge on any atom is -0.481 e. The molecule has 0 amide bonds. The van der Waals surface area contributed by atoms with Crippen LogP contribution in [0.4, 0.5) is 4.39 Å². The van der Waals surface area contributed by atoms with Crippen LogP contribution in [0.2, 0.25) is 0 Å². The molecular formula is C14H14FNO2S. The molecule has 1 atom stereocenters. The summed E-state index contributed by atoms with van der Waals surface area (Å²) in [4.78, 5) is 16.6. The Morgan fingerprint density at radius 1 is 1.42 bits per heavy atom. The quantitative estimate of drug-likeness (QED) is 0.934. The highest BCUT2D eigenvalue weighted by molar-refractivity contribution is 7.11. The minimum absolute atomic E-state index is 0.119. The molecule has 0 aliphatic rings. The maximum Gasteiger partial charge on any atom is 0.313 e. The van der Waals surface area contributed by atoms with Crippen molar-refractivity contribution in [2.45, 2.75) is 26.2 Å². The van der Waals surface area contributed by atoms with Crippen LogP contribution in [-0.2, 0) is 11.2 Å². The molecule has 0 saturated carbocycles. The molecule has 0 saturated heterocycles. The maximum atomic E-state index is 13.6. The van der Waals surface area contributed by atoms with E-state index in [1.165, 1.54) is 17.4 Å². The summed E-state index contributed by atoms with van der Waals surface area (Å²) in [6.07, 6.45) is 0.119. The molecule has 1 heterocycles. The summed E-state index contributed by atoms with van der Waals surface area (Å²) in [6.45, 7) is 3.75. The summed E-state index contributed by atoms with van der Waals surface area (Å²) in [5.74, 6) is -2.15. The molecule has 19 heavy (non-hydrogen) atoms. The van der Waals surface area contributed by atoms with Gasteiger partial charge in [0.05, 0.1) is 5.69 Å². The Bertz CT molecular complexity index is 590. The Balaban J connectivity index is 2.32. The van der Waals surface area contributed by atoms with E-state index in [1.807, 2.05) is 13.8 Å². The number of aryl methyl sites for hydroxylation is 2. The van der Waals surface area contributed by atoms with Gasteiger partial charge in [-0.2, -0.15) is 0 Å². The van der Waals surface area contributed by atoms with E-state index in [0.717, 1.165) is 10.6 Å². The third-order valence-electron chi connectivity index (χ3n) is 3.02. The van der Waals surface area contributed by atoms with Gasteiger partial charge < -0.3 is 5.11 Å². The van der Waals surface area contributed by atoms with Crippen molar-refractivity contribution >= 4 is 17.3 Å². The molecule has 0 spiro atoms. The van der Waals surface area contributed by atoms with Crippen LogP contribution in [0.15, 0.2) is 24.3 Å². The first kappa shape index (κ1) is 13.7. The van der Waals surface area contributed by atoms with Gasteiger partial charge in [-0.15, -0.1) is 11.3 Å². The lowest BCUT2D eigenvalue weighted by Crippen LogP contribution is -2.15. The zero-order valence-corrected chi connectivity index (χ0v) is 11.5. The van der Waals surface area contributed by atoms with Crippen molar-refractivity contribution in [2.24, 2.45) is 0 Å². The lowest BCUT2D eigenvalue weighted by atomic mass is 9.99. The van der Waals surface area contributed by atoms with Gasteiger partial charge in [0.2, 0.25) is 0 Å². The number of hydrogen-bond donors (Lipinski definition) is 1. The van der Waals surface area contributed by atoms with Crippen LogP contribution in [0, 0.1) is 19.7 Å². The molecule has 2 aromatic rings. The zero-order valence-electron chi connectivity index (χ0n) is 10.7. The number of benzene rings is 1. The second kappa shape index (κ2) is 5.48. The molecule has 1 aromatic carbocycles. The van der Waals surface area contributed by atoms with Crippen LogP contribution in [0.3, 0.4) is 0 Å². The number of halogens is 1. The number of carbonyl (C=O) groups is 1. The number of carboxylic acid groups (broad SMARTS) is 1. The monoisotopic (exact) mass is 279 g/mol. The third-order valence-corrected chi connectivity index (χ3v) is 4.21. The molecule has 3 nitrogen and oxygen atoms in total. The van der Waals surface area contributed by atoms with Crippen molar-refractivity contribution in [3.63, 3.8) is 0 Å². The van der Waals surface area contributed by atoms with Crippen LogP contribution in [-0.4, -0.2) is 16.1 Å². The molecule has 2 rings (SSSR count). The molecule has 100 valence electrons. The van der Waals surface area contributed by atoms with Gasteiger partial charge in [0.15, 0.2) is 0 Å². The average Bonchev–Trinajstić information content (AvgIpc) is 2.68. The van der Waals surface area contributed by atoms with Crippen LogP contribution < -0.4 is 0 Å². The summed E-state index contributed by atoms with van der Waals surface area (Å²) in [6, 6.07) is 6.24. The molecule has 5 heteroatoms. The smallest absolute Gasteiger partial charge is 0.313 e. The topological polar surface area (TPSA) is 50.2 Å². The van der Waals surface area contributed by atoms with Crippen molar-refractivity contribution in [1.82, 2.24) is 4.98 Å². The predicted octanol–water partition coefficient (Wildman–Crippen LogP) is 3.31. The number of rotatable bonds is 4. The first-order valence-corrected chi connectivity index (χ1v) is 6.71. The van der Waals surface area contributed by atoms with Gasteiger partial charge >= 0.3 is 5.97 Å². The molecule has 0 fully saturated rings. The summed E-state index contributed by atoms with van der Waals surface area (Å²) in [5.41, 5.74) is 1.24. The van der Waals surface area contributed by atoms with E-state index >= 15 is 0 Å². The number of thiazole rings is 1. The van der Waals surface area contributed by atoms with E-state index in [9.17, 15) is 14.3 Å². The molecule has 0 bridgehead atoms. The standard InChI is InChI=1S/C14H14FNO2S/c1-8-9(2)19-13(16-8)11(14(17)18)7-10-5-3-4-6-12(10)15/h3-6,11H,7H2,1-2H3,(H,17,18). The number of aromatic nitrogens is 1. The SMILES string of the molecule is Cc1nc(C(Cc2ccccc2F)C(=O)O)sc1C. The van der Waals surface area contributed by atoms with Gasteiger partial charge in [-0.1, -0.05) is 18.2 Å². The second-order valence-corrected chi connectivity index (χ2v) is 5.61. The van der Waals surface area contributed by atoms with E-state index in [1.54, 1.807) is 18.2 Å². The molecule has 0 radical (unpaired) electrons. The number of hydrogen-bond acceptors (Lipinski definition) is 3. The lowest BCUT2D eigenvalue weighted by Gasteiger charge is -2.10. The second-order valence-electron chi connectivity index (χ2n) is 4.38. The van der Waals surface area contributed by atoms with Crippen molar-refractivity contribution in [1.29, 1.82) is 0 Å². The van der Waals surface area contributed by atoms with Gasteiger partial charge in [-0.05, 0) is 31.9 Å². The molecule has 1 unspecified atom stereocenters. The van der Waals surface area contributed by atoms with Crippen molar-refractivity contribution < 1.29 is 14.3 Å². The fourth-order valence-corrected chi connectivity index (χ4v) is 2.83. The van der Waals surface area contributed by atoms with Gasteiger partial charge in [0, 0.05) is 4.88 Å². The third kappa shape index (κ3) is 2.98. The largest absolute Gasteiger partial charge is 0.481 e. The average molecular weight is 279 g/mol. The minimum atomic E-state index is -0.975. The summed E-state index contributed by atoms with van der Waals surface area (Å²) in [7, 11) is 0. The highest BCUT2D eigenvalue weighted by atomic mass is 32.1. The Morgan fingerprint density at radius 2 is 2.11 bits per heavy atom. The van der Waals surface area contributed by atoms with Gasteiger partial charge in [0.25, 0.3) is 0 Å². The van der Waals surface area contributed by atoms with E-state index in [4.69, 9.17) is 0 Å². The summed E-state index contributed by atoms with van der Waals surface area (Å²) < 4.78 is 13.6. The highest BCUT2D eigenvalue weighted by Crippen LogP contribution is 2.28. The summed E-state index contributed by atoms with van der Waals surface area (Å²) in [5, 5.41) is 9.86. The van der Waals surface area contributed by atoms with Crippen LogP contribution >= 0.6 is 11.3 Å². The van der Waals surface area contributed by atoms with Gasteiger partial charge in [-0.3, -0.25) is 4.79 Å². The van der Waals surface area contributed by atoms with E-state index in [2.05, 4.69) is 4.98 Å². The maximum absolute atomic E-state index is 13.6. The summed E-state index contributed by atoms with van der Waals surface area (Å²) >= 11 is 1.36. The predicted molar refractivity (Wildman–Crippen MR) is 72.1 cm³/mol. The van der Waals surface area contributed by atoms with Crippen LogP contribution in [0.5, 0.6) is 0 Å². The van der Waals surface area contributed by atoms with E-state index in [0.29, 0.717) is 10.6 Å². The first-order chi connectivity index (χ1) is 8.99. The zero-order chi connectivity index (χ0) is 14.0. The molecule has 0 aliphatic carbocycles. The Kier molecular flexibility index (Phi) is 3.95. The Labute approximate surface area is 114 Å². The number of nitrogens with zero attached hydrogens (tertiary/aromatic N) is 1. The lowest BCUT2D eigenvalue weighted by molar-refractivity contribution is -0.138. The Morgan fingerprint density at radius 3 is 2.63 bits per heavy atom. The molecule has 0 aliphatic heterocycles. The van der Waals surface area contributed by atoms with Crippen molar-refractivity contribution in [3.05, 3.63) is 51.2 Å². The number of aliphatic carboxylic acids is 1. The Hall–Kier alpha value is -1.75. The van der Waals surface area contributed by atoms with Crippen molar-refractivity contribution in [2.75, 3.05) is 0 Å². The fraction of sp³-hybridized carbons (Fsp3) is 0.286. The molecule has 1 N–H and O–H groups in total. The normalized spacial score (nSPS) is 12.4.